The van der Waals surface area contributed by atoms with Crippen LogP contribution in [0.25, 0.3) is 0 Å². The molecule has 0 saturated carbocycles. The smallest absolute Gasteiger partial charge is 0.232 e. The maximum atomic E-state index is 13.4. The fourth-order valence-electron chi connectivity index (χ4n) is 4.38. The highest BCUT2D eigenvalue weighted by Crippen LogP contribution is 2.29. The minimum atomic E-state index is -0.291. The van der Waals surface area contributed by atoms with E-state index in [9.17, 15) is 4.79 Å². The number of hydrogen-bond donors (Lipinski definition) is 1. The molecule has 3 nitrogen and oxygen atoms in total. The van der Waals surface area contributed by atoms with E-state index in [-0.39, 0.29) is 17.9 Å². The molecule has 0 spiro atoms. The molecule has 1 saturated heterocycles. The van der Waals surface area contributed by atoms with Crippen LogP contribution >= 0.6 is 11.3 Å². The van der Waals surface area contributed by atoms with Crippen molar-refractivity contribution >= 4 is 17.2 Å². The Morgan fingerprint density at radius 1 is 0.833 bits per heavy atom. The van der Waals surface area contributed by atoms with Crippen molar-refractivity contribution in [1.82, 2.24) is 10.2 Å². The van der Waals surface area contributed by atoms with E-state index in [2.05, 4.69) is 27.7 Å². The summed E-state index contributed by atoms with van der Waals surface area (Å²) in [7, 11) is 0. The van der Waals surface area contributed by atoms with Crippen molar-refractivity contribution in [1.29, 1.82) is 0 Å². The third-order valence-corrected chi connectivity index (χ3v) is 6.92. The van der Waals surface area contributed by atoms with Gasteiger partial charge in [-0.3, -0.25) is 9.69 Å². The molecular weight excluding hydrogens is 388 g/mol. The van der Waals surface area contributed by atoms with Gasteiger partial charge in [-0.2, -0.15) is 0 Å². The zero-order valence-corrected chi connectivity index (χ0v) is 18.2. The number of thiophene rings is 1. The van der Waals surface area contributed by atoms with Crippen molar-refractivity contribution in [3.63, 3.8) is 0 Å². The highest BCUT2D eigenvalue weighted by Gasteiger charge is 2.26. The van der Waals surface area contributed by atoms with Crippen LogP contribution in [0.4, 0.5) is 0 Å². The number of amides is 1. The van der Waals surface area contributed by atoms with Crippen molar-refractivity contribution < 1.29 is 4.79 Å². The Kier molecular flexibility index (Phi) is 7.33. The van der Waals surface area contributed by atoms with Gasteiger partial charge in [-0.25, -0.2) is 0 Å². The maximum absolute atomic E-state index is 13.4. The second-order valence-electron chi connectivity index (χ2n) is 7.98. The minimum absolute atomic E-state index is 0.0729. The molecule has 1 aromatic heterocycles. The van der Waals surface area contributed by atoms with Gasteiger partial charge in [0.15, 0.2) is 0 Å². The van der Waals surface area contributed by atoms with Gasteiger partial charge in [-0.15, -0.1) is 11.3 Å². The monoisotopic (exact) mass is 418 g/mol. The van der Waals surface area contributed by atoms with E-state index in [1.165, 1.54) is 30.6 Å². The highest BCUT2D eigenvalue weighted by molar-refractivity contribution is 7.10. The number of benzene rings is 2. The number of carbonyl (C=O) groups is 1. The quantitative estimate of drug-likeness (QED) is 0.541. The fourth-order valence-corrected chi connectivity index (χ4v) is 5.24. The van der Waals surface area contributed by atoms with Crippen LogP contribution in [0, 0.1) is 0 Å². The summed E-state index contributed by atoms with van der Waals surface area (Å²) in [5.74, 6) is -0.218. The minimum Gasteiger partial charge on any atom is -0.353 e. The maximum Gasteiger partial charge on any atom is 0.232 e. The molecule has 1 aliphatic rings. The largest absolute Gasteiger partial charge is 0.353 e. The van der Waals surface area contributed by atoms with Crippen molar-refractivity contribution in [2.45, 2.75) is 37.6 Å². The van der Waals surface area contributed by atoms with E-state index < -0.39 is 0 Å². The van der Waals surface area contributed by atoms with Crippen molar-refractivity contribution in [2.24, 2.45) is 0 Å². The van der Waals surface area contributed by atoms with Gasteiger partial charge in [0, 0.05) is 11.4 Å². The number of rotatable bonds is 7. The standard InChI is InChI=1S/C26H30N2OS/c29-26(25(21-12-5-3-6-13-21)22-14-7-4-8-15-22)27-20-23(24-16-11-19-30-24)28-17-9-1-2-10-18-28/h3-8,11-16,19,23,25H,1-2,9-10,17-18,20H2,(H,27,29). The Hall–Kier alpha value is -2.43. The van der Waals surface area contributed by atoms with E-state index in [1.54, 1.807) is 11.3 Å². The predicted octanol–water partition coefficient (Wildman–Crippen LogP) is 5.61. The first kappa shape index (κ1) is 20.8. The Labute approximate surface area is 183 Å². The molecule has 2 heterocycles. The molecule has 1 amide bonds. The second-order valence-corrected chi connectivity index (χ2v) is 8.96. The van der Waals surface area contributed by atoms with Gasteiger partial charge >= 0.3 is 0 Å². The molecule has 2 aromatic carbocycles. The summed E-state index contributed by atoms with van der Waals surface area (Å²) in [5, 5.41) is 5.45. The third kappa shape index (κ3) is 5.18. The Bertz CT molecular complexity index is 848. The average molecular weight is 419 g/mol. The van der Waals surface area contributed by atoms with Crippen LogP contribution in [0.2, 0.25) is 0 Å². The van der Waals surface area contributed by atoms with Gasteiger partial charge in [0.25, 0.3) is 0 Å². The van der Waals surface area contributed by atoms with E-state index in [0.29, 0.717) is 6.54 Å². The first-order chi connectivity index (χ1) is 14.8. The molecule has 156 valence electrons. The molecule has 1 unspecified atom stereocenters. The number of carbonyl (C=O) groups excluding carboxylic acids is 1. The number of nitrogens with one attached hydrogen (secondary N) is 1. The van der Waals surface area contributed by atoms with E-state index in [4.69, 9.17) is 0 Å². The summed E-state index contributed by atoms with van der Waals surface area (Å²) in [6.45, 7) is 2.87. The summed E-state index contributed by atoms with van der Waals surface area (Å²) >= 11 is 1.79. The zero-order chi connectivity index (χ0) is 20.6. The van der Waals surface area contributed by atoms with Crippen LogP contribution < -0.4 is 5.32 Å². The second kappa shape index (κ2) is 10.6. The molecule has 0 radical (unpaired) electrons. The molecule has 0 bridgehead atoms. The zero-order valence-electron chi connectivity index (χ0n) is 17.4. The van der Waals surface area contributed by atoms with Gasteiger partial charge in [0.2, 0.25) is 5.91 Å². The lowest BCUT2D eigenvalue weighted by Gasteiger charge is -2.31. The van der Waals surface area contributed by atoms with Gasteiger partial charge in [0.1, 0.15) is 0 Å². The normalized spacial score (nSPS) is 16.2. The molecule has 4 heteroatoms. The van der Waals surface area contributed by atoms with Crippen molar-refractivity contribution in [3.05, 3.63) is 94.2 Å². The van der Waals surface area contributed by atoms with Crippen LogP contribution in [0.3, 0.4) is 0 Å². The van der Waals surface area contributed by atoms with Crippen LogP contribution in [0.5, 0.6) is 0 Å². The summed E-state index contributed by atoms with van der Waals surface area (Å²) in [6, 6.07) is 24.8. The molecule has 0 aliphatic carbocycles. The molecule has 1 N–H and O–H groups in total. The van der Waals surface area contributed by atoms with Crippen LogP contribution in [-0.2, 0) is 4.79 Å². The lowest BCUT2D eigenvalue weighted by Crippen LogP contribution is -2.40. The van der Waals surface area contributed by atoms with E-state index >= 15 is 0 Å². The molecule has 1 aliphatic heterocycles. The number of likely N-dealkylation sites (tertiary alicyclic amines) is 1. The first-order valence-corrected chi connectivity index (χ1v) is 11.9. The topological polar surface area (TPSA) is 32.3 Å². The van der Waals surface area contributed by atoms with E-state index in [1.807, 2.05) is 60.7 Å². The van der Waals surface area contributed by atoms with Crippen LogP contribution in [0.1, 0.15) is 53.6 Å². The van der Waals surface area contributed by atoms with Gasteiger partial charge in [0.05, 0.1) is 12.0 Å². The molecule has 1 atom stereocenters. The van der Waals surface area contributed by atoms with Crippen molar-refractivity contribution in [3.8, 4) is 0 Å². The molecule has 1 fully saturated rings. The summed E-state index contributed by atoms with van der Waals surface area (Å²) in [6.07, 6.45) is 5.10. The van der Waals surface area contributed by atoms with Gasteiger partial charge in [-0.1, -0.05) is 79.6 Å². The first-order valence-electron chi connectivity index (χ1n) is 11.0. The Morgan fingerprint density at radius 2 is 1.43 bits per heavy atom. The molecule has 3 aromatic rings. The van der Waals surface area contributed by atoms with Crippen LogP contribution in [0.15, 0.2) is 78.2 Å². The number of nitrogens with zero attached hydrogens (tertiary/aromatic N) is 1. The Balaban J connectivity index is 1.53. The van der Waals surface area contributed by atoms with Crippen LogP contribution in [-0.4, -0.2) is 30.4 Å². The SMILES string of the molecule is O=C(NCC(c1cccs1)N1CCCCCC1)C(c1ccccc1)c1ccccc1. The number of hydrogen-bond acceptors (Lipinski definition) is 3. The lowest BCUT2D eigenvalue weighted by molar-refractivity contribution is -0.122. The fraction of sp³-hybridized carbons (Fsp3) is 0.346. The average Bonchev–Trinajstić information content (AvgIpc) is 3.18. The van der Waals surface area contributed by atoms with E-state index in [0.717, 1.165) is 24.2 Å². The Morgan fingerprint density at radius 3 is 1.97 bits per heavy atom. The predicted molar refractivity (Wildman–Crippen MR) is 125 cm³/mol. The lowest BCUT2D eigenvalue weighted by atomic mass is 9.90. The highest BCUT2D eigenvalue weighted by atomic mass is 32.1. The van der Waals surface area contributed by atoms with Crippen molar-refractivity contribution in [2.75, 3.05) is 19.6 Å². The van der Waals surface area contributed by atoms with Gasteiger partial charge in [-0.05, 0) is 48.5 Å². The molecular formula is C26H30N2OS. The summed E-state index contributed by atoms with van der Waals surface area (Å²) < 4.78 is 0. The summed E-state index contributed by atoms with van der Waals surface area (Å²) in [4.78, 5) is 17.4. The molecule has 4 rings (SSSR count). The molecule has 30 heavy (non-hydrogen) atoms. The summed E-state index contributed by atoms with van der Waals surface area (Å²) in [5.41, 5.74) is 2.06. The third-order valence-electron chi connectivity index (χ3n) is 5.95. The van der Waals surface area contributed by atoms with Gasteiger partial charge < -0.3 is 5.32 Å².